The number of hydrogen-bond acceptors (Lipinski definition) is 7. The number of hydroxylamine groups is 1. The molecule has 3 N–H and O–H groups in total. The second-order valence-corrected chi connectivity index (χ2v) is 8.72. The highest BCUT2D eigenvalue weighted by atomic mass is 16.7. The molecule has 0 radical (unpaired) electrons. The van der Waals surface area contributed by atoms with E-state index in [-0.39, 0.29) is 13.2 Å². The van der Waals surface area contributed by atoms with E-state index >= 15 is 0 Å². The number of pyridine rings is 1. The summed E-state index contributed by atoms with van der Waals surface area (Å²) in [5.74, 6) is 0.244. The molecule has 1 aliphatic heterocycles. The number of rotatable bonds is 8. The summed E-state index contributed by atoms with van der Waals surface area (Å²) in [7, 11) is 0. The third-order valence-electron chi connectivity index (χ3n) is 6.27. The number of nitrogens with one attached hydrogen (secondary N) is 1. The van der Waals surface area contributed by atoms with E-state index in [0.717, 1.165) is 27.7 Å². The van der Waals surface area contributed by atoms with Crippen molar-refractivity contribution in [1.29, 1.82) is 0 Å². The van der Waals surface area contributed by atoms with Crippen molar-refractivity contribution in [1.82, 2.24) is 10.5 Å². The van der Waals surface area contributed by atoms with Crippen LogP contribution in [-0.4, -0.2) is 28.0 Å². The van der Waals surface area contributed by atoms with Gasteiger partial charge in [-0.3, -0.25) is 15.0 Å². The highest BCUT2D eigenvalue weighted by molar-refractivity contribution is 5.82. The molecule has 0 saturated heterocycles. The van der Waals surface area contributed by atoms with Crippen LogP contribution in [0.5, 0.6) is 17.2 Å². The van der Waals surface area contributed by atoms with Crippen LogP contribution in [0.3, 0.4) is 0 Å². The molecule has 2 heterocycles. The van der Waals surface area contributed by atoms with Crippen molar-refractivity contribution in [3.05, 3.63) is 95.2 Å². The van der Waals surface area contributed by atoms with Gasteiger partial charge in [-0.2, -0.15) is 0 Å². The van der Waals surface area contributed by atoms with E-state index in [2.05, 4.69) is 4.98 Å². The van der Waals surface area contributed by atoms with E-state index in [1.165, 1.54) is 0 Å². The zero-order valence-electron chi connectivity index (χ0n) is 19.7. The summed E-state index contributed by atoms with van der Waals surface area (Å²) < 4.78 is 16.7. The minimum absolute atomic E-state index is 0.146. The Kier molecular flexibility index (Phi) is 6.71. The van der Waals surface area contributed by atoms with Gasteiger partial charge in [0, 0.05) is 16.6 Å². The van der Waals surface area contributed by atoms with Crippen LogP contribution < -0.4 is 19.7 Å². The molecule has 5 rings (SSSR count). The second kappa shape index (κ2) is 10.2. The molecule has 0 saturated carbocycles. The smallest absolute Gasteiger partial charge is 0.249 e. The number of aromatic nitrogens is 1. The first kappa shape index (κ1) is 23.6. The Morgan fingerprint density at radius 3 is 2.64 bits per heavy atom. The Labute approximate surface area is 208 Å². The third-order valence-corrected chi connectivity index (χ3v) is 6.27. The number of hydrogen-bond donors (Lipinski definition) is 3. The fourth-order valence-electron chi connectivity index (χ4n) is 4.42. The van der Waals surface area contributed by atoms with Crippen molar-refractivity contribution in [2.75, 3.05) is 6.79 Å². The molecule has 0 aliphatic carbocycles. The predicted molar refractivity (Wildman–Crippen MR) is 132 cm³/mol. The Hall–Kier alpha value is -4.14. The summed E-state index contributed by atoms with van der Waals surface area (Å²) in [6.07, 6.45) is -0.958. The molecular weight excluding hydrogens is 460 g/mol. The summed E-state index contributed by atoms with van der Waals surface area (Å²) in [5, 5.41) is 21.3. The fourth-order valence-corrected chi connectivity index (χ4v) is 4.42. The number of carbonyl (C=O) groups excluding carboxylic acids is 1. The van der Waals surface area contributed by atoms with Crippen molar-refractivity contribution in [3.8, 4) is 17.2 Å². The molecule has 8 heteroatoms. The van der Waals surface area contributed by atoms with Crippen molar-refractivity contribution in [3.63, 3.8) is 0 Å². The first-order valence-electron chi connectivity index (χ1n) is 11.6. The molecule has 8 nitrogen and oxygen atoms in total. The summed E-state index contributed by atoms with van der Waals surface area (Å²) in [5.41, 5.74) is 5.84. The topological polar surface area (TPSA) is 110 Å². The lowest BCUT2D eigenvalue weighted by Gasteiger charge is -2.22. The van der Waals surface area contributed by atoms with Crippen LogP contribution >= 0.6 is 0 Å². The van der Waals surface area contributed by atoms with Gasteiger partial charge in [-0.15, -0.1) is 0 Å². The number of nitrogens with zero attached hydrogens (tertiary/aromatic N) is 1. The number of ether oxygens (including phenoxy) is 3. The van der Waals surface area contributed by atoms with Gasteiger partial charge in [0.2, 0.25) is 12.7 Å². The number of para-hydroxylation sites is 1. The molecule has 0 spiro atoms. The van der Waals surface area contributed by atoms with E-state index in [9.17, 15) is 15.1 Å². The largest absolute Gasteiger partial charge is 0.489 e. The molecule has 2 atom stereocenters. The van der Waals surface area contributed by atoms with Crippen LogP contribution in [0.15, 0.2) is 72.8 Å². The maximum absolute atomic E-state index is 12.4. The van der Waals surface area contributed by atoms with Gasteiger partial charge < -0.3 is 19.3 Å². The molecule has 3 aromatic carbocycles. The van der Waals surface area contributed by atoms with Crippen molar-refractivity contribution in [2.45, 2.75) is 26.1 Å². The van der Waals surface area contributed by atoms with Crippen LogP contribution in [-0.2, 0) is 17.8 Å². The molecule has 184 valence electrons. The lowest BCUT2D eigenvalue weighted by Crippen LogP contribution is -2.33. The van der Waals surface area contributed by atoms with Crippen molar-refractivity contribution >= 4 is 16.8 Å². The number of fused-ring (bicyclic) bond motifs is 2. The normalized spacial score (nSPS) is 13.9. The van der Waals surface area contributed by atoms with Crippen molar-refractivity contribution < 1.29 is 29.3 Å². The molecule has 0 bridgehead atoms. The minimum Gasteiger partial charge on any atom is -0.489 e. The minimum atomic E-state index is -1.15. The monoisotopic (exact) mass is 486 g/mol. The summed E-state index contributed by atoms with van der Waals surface area (Å²) >= 11 is 0. The van der Waals surface area contributed by atoms with Crippen LogP contribution in [0.4, 0.5) is 0 Å². The molecular formula is C28H26N2O6. The van der Waals surface area contributed by atoms with Gasteiger partial charge in [0.1, 0.15) is 12.4 Å². The van der Waals surface area contributed by atoms with Gasteiger partial charge in [0.25, 0.3) is 0 Å². The Morgan fingerprint density at radius 2 is 1.83 bits per heavy atom. The zero-order chi connectivity index (χ0) is 25.1. The van der Waals surface area contributed by atoms with Crippen LogP contribution in [0.25, 0.3) is 10.9 Å². The van der Waals surface area contributed by atoms with Gasteiger partial charge in [-0.25, -0.2) is 5.48 Å². The predicted octanol–water partition coefficient (Wildman–Crippen LogP) is 4.25. The van der Waals surface area contributed by atoms with E-state index in [1.54, 1.807) is 47.9 Å². The molecule has 2 unspecified atom stereocenters. The van der Waals surface area contributed by atoms with E-state index in [0.29, 0.717) is 29.4 Å². The van der Waals surface area contributed by atoms with Crippen LogP contribution in [0.2, 0.25) is 0 Å². The number of aliphatic hydroxyl groups is 1. The van der Waals surface area contributed by atoms with Crippen LogP contribution in [0, 0.1) is 12.8 Å². The number of benzene rings is 3. The molecule has 1 aliphatic rings. The lowest BCUT2D eigenvalue weighted by molar-refractivity contribution is -0.137. The molecule has 0 fully saturated rings. The van der Waals surface area contributed by atoms with E-state index in [1.807, 2.05) is 37.3 Å². The fraction of sp³-hybridized carbons (Fsp3) is 0.214. The first-order valence-corrected chi connectivity index (χ1v) is 11.6. The van der Waals surface area contributed by atoms with Gasteiger partial charge in [0.05, 0.1) is 17.5 Å². The highest BCUT2D eigenvalue weighted by Crippen LogP contribution is 2.35. The zero-order valence-corrected chi connectivity index (χ0v) is 19.7. The highest BCUT2D eigenvalue weighted by Gasteiger charge is 2.29. The Morgan fingerprint density at radius 1 is 1.06 bits per heavy atom. The third kappa shape index (κ3) is 4.95. The number of aliphatic hydroxyl groups excluding tert-OH is 1. The van der Waals surface area contributed by atoms with Gasteiger partial charge >= 0.3 is 0 Å². The van der Waals surface area contributed by atoms with E-state index in [4.69, 9.17) is 14.2 Å². The second-order valence-electron chi connectivity index (χ2n) is 8.72. The maximum atomic E-state index is 12.4. The van der Waals surface area contributed by atoms with Crippen LogP contribution in [0.1, 0.15) is 28.5 Å². The van der Waals surface area contributed by atoms with Gasteiger partial charge in [-0.05, 0) is 60.9 Å². The average Bonchev–Trinajstić information content (AvgIpc) is 3.38. The molecule has 4 aromatic rings. The number of carbonyl (C=O) groups is 1. The molecule has 1 amide bonds. The summed E-state index contributed by atoms with van der Waals surface area (Å²) in [6.45, 7) is 2.47. The Balaban J connectivity index is 1.29. The SMILES string of the molecule is Cc1cc(COc2ccc(C(O)C(Cc3ccc4c(c3)OCO4)C(=O)NO)cc2)c2ccccc2n1. The maximum Gasteiger partial charge on any atom is 0.249 e. The standard InChI is InChI=1S/C28H26N2O6/c1-17-12-20(22-4-2-3-5-24(22)29-17)15-34-21-9-7-19(8-10-21)27(31)23(28(32)30-33)13-18-6-11-25-26(14-18)36-16-35-25/h2-12,14,23,27,31,33H,13,15-16H2,1H3,(H,30,32). The van der Waals surface area contributed by atoms with Gasteiger partial charge in [-0.1, -0.05) is 36.4 Å². The summed E-state index contributed by atoms with van der Waals surface area (Å²) in [4.78, 5) is 17.0. The molecule has 36 heavy (non-hydrogen) atoms. The number of aryl methyl sites for hydroxylation is 1. The lowest BCUT2D eigenvalue weighted by atomic mass is 9.89. The Bertz CT molecular complexity index is 1390. The van der Waals surface area contributed by atoms with E-state index < -0.39 is 17.9 Å². The van der Waals surface area contributed by atoms with Gasteiger partial charge in [0.15, 0.2) is 11.5 Å². The van der Waals surface area contributed by atoms with Crippen molar-refractivity contribution in [2.24, 2.45) is 5.92 Å². The number of amides is 1. The average molecular weight is 487 g/mol. The quantitative estimate of drug-likeness (QED) is 0.252. The molecule has 1 aromatic heterocycles. The summed E-state index contributed by atoms with van der Waals surface area (Å²) in [6, 6.07) is 22.2. The first-order chi connectivity index (χ1) is 17.5.